The molecule has 0 radical (unpaired) electrons. The van der Waals surface area contributed by atoms with Crippen molar-refractivity contribution in [3.8, 4) is 0 Å². The van der Waals surface area contributed by atoms with Crippen molar-refractivity contribution in [2.24, 2.45) is 4.99 Å². The summed E-state index contributed by atoms with van der Waals surface area (Å²) in [6.45, 7) is 0. The molecule has 1 N–H and O–H groups in total. The maximum absolute atomic E-state index is 13.0. The van der Waals surface area contributed by atoms with Gasteiger partial charge in [0, 0.05) is 11.3 Å². The smallest absolute Gasteiger partial charge is 0.215 e. The number of fused-ring (bicyclic) bond motifs is 1. The van der Waals surface area contributed by atoms with Gasteiger partial charge in [-0.15, -0.1) is 0 Å². The fraction of sp³-hybridized carbons (Fsp3) is 0.222. The number of para-hydroxylation sites is 1. The number of ketones is 1. The highest BCUT2D eigenvalue weighted by atomic mass is 16.7. The highest BCUT2D eigenvalue weighted by molar-refractivity contribution is 6.17. The standard InChI is InChI=1S/C18H14N2O2/c21-16-13-8-4-5-9-14(13)20-17-11-19-15(18(16,17)22-17)10-12-6-2-1-3-7-12/h1-9,11,15,20H,10H2. The Kier molecular flexibility index (Phi) is 2.12. The van der Waals surface area contributed by atoms with Crippen LogP contribution in [0.4, 0.5) is 5.69 Å². The number of Topliss-reactive ketones (excluding diaryl/α,β-unsaturated/α-hetero) is 1. The van der Waals surface area contributed by atoms with Crippen LogP contribution in [0.25, 0.3) is 0 Å². The topological polar surface area (TPSA) is 54.0 Å². The summed E-state index contributed by atoms with van der Waals surface area (Å²) >= 11 is 0. The number of anilines is 1. The Morgan fingerprint density at radius 2 is 1.86 bits per heavy atom. The molecule has 0 bridgehead atoms. The molecule has 3 unspecified atom stereocenters. The van der Waals surface area contributed by atoms with E-state index >= 15 is 0 Å². The van der Waals surface area contributed by atoms with Crippen LogP contribution in [0.3, 0.4) is 0 Å². The van der Waals surface area contributed by atoms with Gasteiger partial charge in [0.05, 0.1) is 12.3 Å². The normalized spacial score (nSPS) is 33.6. The minimum absolute atomic E-state index is 0.0419. The summed E-state index contributed by atoms with van der Waals surface area (Å²) in [5.41, 5.74) is 1.08. The van der Waals surface area contributed by atoms with Gasteiger partial charge in [-0.1, -0.05) is 42.5 Å². The Morgan fingerprint density at radius 3 is 2.73 bits per heavy atom. The first-order valence-electron chi connectivity index (χ1n) is 7.46. The van der Waals surface area contributed by atoms with Crippen LogP contribution < -0.4 is 5.32 Å². The van der Waals surface area contributed by atoms with Crippen LogP contribution in [0.2, 0.25) is 0 Å². The van der Waals surface area contributed by atoms with Gasteiger partial charge in [-0.05, 0) is 24.1 Å². The summed E-state index contributed by atoms with van der Waals surface area (Å²) in [5, 5.41) is 3.35. The summed E-state index contributed by atoms with van der Waals surface area (Å²) < 4.78 is 5.96. The molecule has 0 aromatic heterocycles. The summed E-state index contributed by atoms with van der Waals surface area (Å²) in [5.74, 6) is 0.0419. The zero-order valence-electron chi connectivity index (χ0n) is 11.8. The van der Waals surface area contributed by atoms with Gasteiger partial charge in [-0.25, -0.2) is 0 Å². The highest BCUT2D eigenvalue weighted by Crippen LogP contribution is 2.59. The number of ether oxygens (including phenoxy) is 1. The molecule has 108 valence electrons. The molecule has 4 heteroatoms. The van der Waals surface area contributed by atoms with Gasteiger partial charge >= 0.3 is 0 Å². The van der Waals surface area contributed by atoms with Crippen molar-refractivity contribution in [1.82, 2.24) is 0 Å². The molecule has 5 rings (SSSR count). The van der Waals surface area contributed by atoms with E-state index in [9.17, 15) is 4.79 Å². The van der Waals surface area contributed by atoms with Crippen molar-refractivity contribution < 1.29 is 9.53 Å². The van der Waals surface area contributed by atoms with Crippen LogP contribution >= 0.6 is 0 Å². The molecule has 2 aromatic carbocycles. The zero-order valence-corrected chi connectivity index (χ0v) is 11.8. The molecule has 0 spiro atoms. The molecule has 22 heavy (non-hydrogen) atoms. The number of carbonyl (C=O) groups is 1. The number of nitrogens with zero attached hydrogens (tertiary/aromatic N) is 1. The minimum atomic E-state index is -0.864. The van der Waals surface area contributed by atoms with E-state index in [1.807, 2.05) is 42.5 Å². The first-order chi connectivity index (χ1) is 10.8. The predicted molar refractivity (Wildman–Crippen MR) is 83.4 cm³/mol. The summed E-state index contributed by atoms with van der Waals surface area (Å²) in [7, 11) is 0. The minimum Gasteiger partial charge on any atom is -0.350 e. The Labute approximate surface area is 127 Å². The van der Waals surface area contributed by atoms with E-state index in [1.165, 1.54) is 0 Å². The maximum atomic E-state index is 13.0. The van der Waals surface area contributed by atoms with E-state index in [0.717, 1.165) is 11.3 Å². The van der Waals surface area contributed by atoms with E-state index in [4.69, 9.17) is 4.74 Å². The summed E-state index contributed by atoms with van der Waals surface area (Å²) in [6.07, 6.45) is 2.48. The van der Waals surface area contributed by atoms with Crippen LogP contribution in [0.5, 0.6) is 0 Å². The lowest BCUT2D eigenvalue weighted by molar-refractivity contribution is 0.0847. The second-order valence-electron chi connectivity index (χ2n) is 6.06. The fourth-order valence-electron chi connectivity index (χ4n) is 3.71. The van der Waals surface area contributed by atoms with E-state index in [1.54, 1.807) is 6.21 Å². The third-order valence-electron chi connectivity index (χ3n) is 4.84. The van der Waals surface area contributed by atoms with Gasteiger partial charge in [0.25, 0.3) is 0 Å². The van der Waals surface area contributed by atoms with E-state index in [2.05, 4.69) is 22.4 Å². The van der Waals surface area contributed by atoms with Crippen molar-refractivity contribution in [2.45, 2.75) is 23.8 Å². The average Bonchev–Trinajstić information content (AvgIpc) is 3.14. The summed E-state index contributed by atoms with van der Waals surface area (Å²) in [4.78, 5) is 17.6. The van der Waals surface area contributed by atoms with Gasteiger partial charge in [0.1, 0.15) is 0 Å². The number of aliphatic imine (C=N–C) groups is 1. The molecule has 4 nitrogen and oxygen atoms in total. The Morgan fingerprint density at radius 1 is 1.09 bits per heavy atom. The molecule has 0 saturated carbocycles. The van der Waals surface area contributed by atoms with Crippen LogP contribution in [0.1, 0.15) is 15.9 Å². The van der Waals surface area contributed by atoms with Crippen molar-refractivity contribution >= 4 is 17.7 Å². The van der Waals surface area contributed by atoms with Crippen LogP contribution in [0.15, 0.2) is 59.6 Å². The molecular weight excluding hydrogens is 276 g/mol. The van der Waals surface area contributed by atoms with Crippen molar-refractivity contribution in [3.05, 3.63) is 65.7 Å². The second-order valence-corrected chi connectivity index (χ2v) is 6.06. The molecule has 1 saturated heterocycles. The van der Waals surface area contributed by atoms with Gasteiger partial charge < -0.3 is 10.1 Å². The zero-order chi connectivity index (χ0) is 14.8. The number of rotatable bonds is 2. The quantitative estimate of drug-likeness (QED) is 0.864. The Balaban J connectivity index is 1.55. The third kappa shape index (κ3) is 1.31. The molecule has 3 aliphatic heterocycles. The molecule has 2 aromatic rings. The third-order valence-corrected chi connectivity index (χ3v) is 4.84. The lowest BCUT2D eigenvalue weighted by atomic mass is 9.81. The van der Waals surface area contributed by atoms with Gasteiger partial charge in [-0.2, -0.15) is 0 Å². The van der Waals surface area contributed by atoms with Gasteiger partial charge in [0.2, 0.25) is 17.1 Å². The van der Waals surface area contributed by atoms with E-state index in [0.29, 0.717) is 12.0 Å². The van der Waals surface area contributed by atoms with Crippen molar-refractivity contribution in [1.29, 1.82) is 0 Å². The van der Waals surface area contributed by atoms with Crippen molar-refractivity contribution in [2.75, 3.05) is 5.32 Å². The molecular formula is C18H14N2O2. The molecule has 0 amide bonds. The molecule has 0 aliphatic carbocycles. The first kappa shape index (κ1) is 12.1. The Hall–Kier alpha value is -2.46. The number of hydrogen-bond acceptors (Lipinski definition) is 4. The van der Waals surface area contributed by atoms with Gasteiger partial charge in [-0.3, -0.25) is 9.79 Å². The highest BCUT2D eigenvalue weighted by Gasteiger charge is 2.82. The molecule has 1 fully saturated rings. The second kappa shape index (κ2) is 3.84. The van der Waals surface area contributed by atoms with Crippen molar-refractivity contribution in [3.63, 3.8) is 0 Å². The van der Waals surface area contributed by atoms with Crippen LogP contribution in [-0.4, -0.2) is 29.4 Å². The molecule has 3 atom stereocenters. The van der Waals surface area contributed by atoms with E-state index in [-0.39, 0.29) is 11.8 Å². The summed E-state index contributed by atoms with van der Waals surface area (Å²) in [6, 6.07) is 17.5. The van der Waals surface area contributed by atoms with Crippen LogP contribution in [-0.2, 0) is 11.2 Å². The predicted octanol–water partition coefficient (Wildman–Crippen LogP) is 2.46. The number of hydrogen-bond donors (Lipinski definition) is 1. The van der Waals surface area contributed by atoms with Crippen LogP contribution in [0, 0.1) is 0 Å². The number of nitrogens with one attached hydrogen (secondary N) is 1. The fourth-order valence-corrected chi connectivity index (χ4v) is 3.71. The Bertz CT molecular complexity index is 817. The number of epoxide rings is 1. The maximum Gasteiger partial charge on any atom is 0.215 e. The number of benzene rings is 2. The largest absolute Gasteiger partial charge is 0.350 e. The molecule has 3 aliphatic rings. The van der Waals surface area contributed by atoms with Gasteiger partial charge in [0.15, 0.2) is 0 Å². The monoisotopic (exact) mass is 290 g/mol. The average molecular weight is 290 g/mol. The number of carbonyl (C=O) groups excluding carboxylic acids is 1. The molecule has 3 heterocycles. The lowest BCUT2D eigenvalue weighted by Crippen LogP contribution is -2.47. The lowest BCUT2D eigenvalue weighted by Gasteiger charge is -2.24. The first-order valence-corrected chi connectivity index (χ1v) is 7.46. The SMILES string of the molecule is O=C1c2ccccc2NC23C=NC(Cc4ccccc4)C12O3. The van der Waals surface area contributed by atoms with E-state index < -0.39 is 11.3 Å².